The van der Waals surface area contributed by atoms with Crippen LogP contribution in [-0.4, -0.2) is 26.1 Å². The first-order valence-electron chi connectivity index (χ1n) is 7.91. The summed E-state index contributed by atoms with van der Waals surface area (Å²) in [4.78, 5) is 13.6. The lowest BCUT2D eigenvalue weighted by atomic mass is 10.1. The van der Waals surface area contributed by atoms with Gasteiger partial charge in [0.1, 0.15) is 18.4 Å². The fourth-order valence-electron chi connectivity index (χ4n) is 2.49. The summed E-state index contributed by atoms with van der Waals surface area (Å²) in [5.41, 5.74) is 2.01. The van der Waals surface area contributed by atoms with Gasteiger partial charge in [0.05, 0.1) is 25.4 Å². The van der Waals surface area contributed by atoms with Gasteiger partial charge in [-0.3, -0.25) is 4.79 Å². The van der Waals surface area contributed by atoms with Crippen LogP contribution in [0.1, 0.15) is 18.1 Å². The first-order valence-corrected chi connectivity index (χ1v) is 8.70. The van der Waals surface area contributed by atoms with Gasteiger partial charge < -0.3 is 15.0 Å². The topological polar surface area (TPSA) is 66.6 Å². The summed E-state index contributed by atoms with van der Waals surface area (Å²) < 4.78 is 6.37. The minimum absolute atomic E-state index is 0.130. The second-order valence-electron chi connectivity index (χ2n) is 5.85. The summed E-state index contributed by atoms with van der Waals surface area (Å²) in [5.74, 6) is 0.666. The smallest absolute Gasteiger partial charge is 0.282 e. The van der Waals surface area contributed by atoms with Gasteiger partial charge in [0, 0.05) is 10.0 Å². The number of rotatable bonds is 6. The molecular weight excluding hydrogens is 382 g/mol. The predicted octanol–water partition coefficient (Wildman–Crippen LogP) is 2.37. The molecule has 1 amide bonds. The van der Waals surface area contributed by atoms with Gasteiger partial charge in [-0.25, -0.2) is 0 Å². The van der Waals surface area contributed by atoms with E-state index >= 15 is 0 Å². The van der Waals surface area contributed by atoms with Crippen molar-refractivity contribution in [2.75, 3.05) is 19.5 Å². The van der Waals surface area contributed by atoms with E-state index in [9.17, 15) is 4.79 Å². The lowest BCUT2D eigenvalue weighted by molar-refractivity contribution is -0.907. The maximum absolute atomic E-state index is 12.6. The van der Waals surface area contributed by atoms with Gasteiger partial charge in [-0.05, 0) is 37.3 Å². The fourth-order valence-corrected chi connectivity index (χ4v) is 2.90. The summed E-state index contributed by atoms with van der Waals surface area (Å²) in [6.07, 6.45) is 0. The first-order chi connectivity index (χ1) is 12.0. The molecule has 0 bridgehead atoms. The molecular formula is C19H21BrN3O2+. The third kappa shape index (κ3) is 4.81. The van der Waals surface area contributed by atoms with Crippen molar-refractivity contribution in [3.63, 3.8) is 0 Å². The molecule has 0 aromatic heterocycles. The zero-order valence-electron chi connectivity index (χ0n) is 14.5. The second kappa shape index (κ2) is 8.65. The second-order valence-corrected chi connectivity index (χ2v) is 6.76. The van der Waals surface area contributed by atoms with Crippen molar-refractivity contribution in [1.82, 2.24) is 0 Å². The van der Waals surface area contributed by atoms with Gasteiger partial charge in [0.15, 0.2) is 6.04 Å². The molecule has 2 aromatic carbocycles. The summed E-state index contributed by atoms with van der Waals surface area (Å²) in [6.45, 7) is 2.50. The van der Waals surface area contributed by atoms with Crippen LogP contribution in [0, 0.1) is 11.3 Å². The Hall–Kier alpha value is -2.36. The van der Waals surface area contributed by atoms with Crippen LogP contribution in [-0.2, 0) is 11.3 Å². The molecule has 2 rings (SSSR count). The van der Waals surface area contributed by atoms with Crippen molar-refractivity contribution in [3.8, 4) is 11.8 Å². The highest BCUT2D eigenvalue weighted by Gasteiger charge is 2.23. The van der Waals surface area contributed by atoms with Crippen molar-refractivity contribution < 1.29 is 14.4 Å². The minimum atomic E-state index is -0.296. The highest BCUT2D eigenvalue weighted by molar-refractivity contribution is 9.10. The standard InChI is InChI=1S/C19H20BrN3O2/c1-13(19(24)22-17-7-5-4-6-14(17)11-21)23(2)12-15-10-16(20)8-9-18(15)25-3/h4-10,13H,12H2,1-3H3,(H,22,24)/p+1/t13-/m0/s1. The Bertz CT molecular complexity index is 801. The molecule has 1 unspecified atom stereocenters. The normalized spacial score (nSPS) is 12.8. The Morgan fingerprint density at radius 2 is 2.08 bits per heavy atom. The van der Waals surface area contributed by atoms with E-state index in [0.717, 1.165) is 20.7 Å². The number of quaternary nitrogens is 1. The average Bonchev–Trinajstić information content (AvgIpc) is 2.61. The van der Waals surface area contributed by atoms with E-state index in [4.69, 9.17) is 10.00 Å². The van der Waals surface area contributed by atoms with Gasteiger partial charge in [-0.15, -0.1) is 0 Å². The molecule has 130 valence electrons. The number of ether oxygens (including phenoxy) is 1. The quantitative estimate of drug-likeness (QED) is 0.779. The number of carbonyl (C=O) groups excluding carboxylic acids is 1. The van der Waals surface area contributed by atoms with Crippen LogP contribution in [0.4, 0.5) is 5.69 Å². The number of likely N-dealkylation sites (N-methyl/N-ethyl adjacent to an activating group) is 1. The number of carbonyl (C=O) groups is 1. The molecule has 0 aliphatic heterocycles. The van der Waals surface area contributed by atoms with E-state index in [1.165, 1.54) is 0 Å². The third-order valence-corrected chi connectivity index (χ3v) is 4.64. The van der Waals surface area contributed by atoms with Crippen LogP contribution in [0.15, 0.2) is 46.9 Å². The molecule has 5 nitrogen and oxygen atoms in total. The largest absolute Gasteiger partial charge is 0.496 e. The van der Waals surface area contributed by atoms with Crippen LogP contribution in [0.2, 0.25) is 0 Å². The molecule has 0 fully saturated rings. The van der Waals surface area contributed by atoms with Gasteiger partial charge >= 0.3 is 0 Å². The number of anilines is 1. The Morgan fingerprint density at radius 3 is 2.76 bits per heavy atom. The minimum Gasteiger partial charge on any atom is -0.496 e. The average molecular weight is 403 g/mol. The van der Waals surface area contributed by atoms with Gasteiger partial charge in [-0.1, -0.05) is 28.1 Å². The van der Waals surface area contributed by atoms with E-state index in [1.54, 1.807) is 31.4 Å². The van der Waals surface area contributed by atoms with Crippen LogP contribution in [0.25, 0.3) is 0 Å². The van der Waals surface area contributed by atoms with Crippen LogP contribution in [0.5, 0.6) is 5.75 Å². The van der Waals surface area contributed by atoms with Crippen molar-refractivity contribution in [2.24, 2.45) is 0 Å². The Kier molecular flexibility index (Phi) is 6.57. The molecule has 0 aliphatic carbocycles. The number of halogens is 1. The van der Waals surface area contributed by atoms with Crippen molar-refractivity contribution >= 4 is 27.5 Å². The lowest BCUT2D eigenvalue weighted by Gasteiger charge is -2.22. The Morgan fingerprint density at radius 1 is 1.36 bits per heavy atom. The molecule has 6 heteroatoms. The van der Waals surface area contributed by atoms with Crippen LogP contribution >= 0.6 is 15.9 Å². The monoisotopic (exact) mass is 402 g/mol. The van der Waals surface area contributed by atoms with E-state index < -0.39 is 0 Å². The van der Waals surface area contributed by atoms with Crippen molar-refractivity contribution in [2.45, 2.75) is 19.5 Å². The number of hydrogen-bond donors (Lipinski definition) is 2. The van der Waals surface area contributed by atoms with Gasteiger partial charge in [0.25, 0.3) is 5.91 Å². The summed E-state index contributed by atoms with van der Waals surface area (Å²) in [6, 6.07) is 14.6. The van der Waals surface area contributed by atoms with Crippen LogP contribution in [0.3, 0.4) is 0 Å². The number of hydrogen-bond acceptors (Lipinski definition) is 3. The fraction of sp³-hybridized carbons (Fsp3) is 0.263. The third-order valence-electron chi connectivity index (χ3n) is 4.15. The number of methoxy groups -OCH3 is 1. The van der Waals surface area contributed by atoms with E-state index in [2.05, 4.69) is 27.3 Å². The number of nitrogens with one attached hydrogen (secondary N) is 2. The number of nitriles is 1. The molecule has 0 aliphatic rings. The van der Waals surface area contributed by atoms with E-state index in [1.807, 2.05) is 32.2 Å². The molecule has 0 saturated heterocycles. The summed E-state index contributed by atoms with van der Waals surface area (Å²) in [7, 11) is 3.60. The maximum atomic E-state index is 12.6. The van der Waals surface area contributed by atoms with Gasteiger partial charge in [0.2, 0.25) is 0 Å². The van der Waals surface area contributed by atoms with Gasteiger partial charge in [-0.2, -0.15) is 5.26 Å². The van der Waals surface area contributed by atoms with E-state index in [0.29, 0.717) is 17.8 Å². The van der Waals surface area contributed by atoms with Crippen molar-refractivity contribution in [1.29, 1.82) is 5.26 Å². The molecule has 0 radical (unpaired) electrons. The summed E-state index contributed by atoms with van der Waals surface area (Å²) in [5, 5.41) is 12.0. The predicted molar refractivity (Wildman–Crippen MR) is 101 cm³/mol. The maximum Gasteiger partial charge on any atom is 0.282 e. The zero-order valence-corrected chi connectivity index (χ0v) is 16.1. The van der Waals surface area contributed by atoms with E-state index in [-0.39, 0.29) is 11.9 Å². The molecule has 25 heavy (non-hydrogen) atoms. The highest BCUT2D eigenvalue weighted by atomic mass is 79.9. The SMILES string of the molecule is COc1ccc(Br)cc1C[NH+](C)[C@@H](C)C(=O)Nc1ccccc1C#N. The summed E-state index contributed by atoms with van der Waals surface area (Å²) >= 11 is 3.47. The molecule has 2 atom stereocenters. The van der Waals surface area contributed by atoms with Crippen molar-refractivity contribution in [3.05, 3.63) is 58.1 Å². The molecule has 2 aromatic rings. The number of para-hydroxylation sites is 1. The molecule has 0 saturated carbocycles. The first kappa shape index (κ1) is 19.0. The molecule has 0 spiro atoms. The highest BCUT2D eigenvalue weighted by Crippen LogP contribution is 2.22. The lowest BCUT2D eigenvalue weighted by Crippen LogP contribution is -3.12. The van der Waals surface area contributed by atoms with Crippen LogP contribution < -0.4 is 15.0 Å². The number of amides is 1. The zero-order chi connectivity index (χ0) is 18.4. The Labute approximate surface area is 156 Å². The number of benzene rings is 2. The molecule has 0 heterocycles. The Balaban J connectivity index is 2.09. The number of nitrogens with zero attached hydrogens (tertiary/aromatic N) is 1. The molecule has 2 N–H and O–H groups in total.